The number of ether oxygens (including phenoxy) is 2. The Kier molecular flexibility index (Phi) is 9.79. The second kappa shape index (κ2) is 13.8. The van der Waals surface area contributed by atoms with Crippen molar-refractivity contribution < 1.29 is 27.4 Å². The van der Waals surface area contributed by atoms with E-state index in [2.05, 4.69) is 9.98 Å². The Balaban J connectivity index is 1.56. The van der Waals surface area contributed by atoms with Crippen molar-refractivity contribution in [2.45, 2.75) is 44.0 Å². The number of nitrogens with zero attached hydrogens (tertiary/aromatic N) is 4. The first-order valence-electron chi connectivity index (χ1n) is 14.0. The molecule has 4 aromatic rings. The van der Waals surface area contributed by atoms with Gasteiger partial charge in [0.25, 0.3) is 12.0 Å². The molecule has 0 aliphatic carbocycles. The highest BCUT2D eigenvalue weighted by atomic mass is 32.2. The van der Waals surface area contributed by atoms with Crippen LogP contribution in [0.1, 0.15) is 59.8 Å². The molecule has 0 N–H and O–H groups in total. The number of nitriles is 1. The Morgan fingerprint density at radius 3 is 2.59 bits per heavy atom. The van der Waals surface area contributed by atoms with Crippen molar-refractivity contribution in [2.24, 2.45) is 4.99 Å². The van der Waals surface area contributed by atoms with Crippen molar-refractivity contribution in [1.29, 1.82) is 5.26 Å². The lowest BCUT2D eigenvalue weighted by molar-refractivity contribution is -0.139. The summed E-state index contributed by atoms with van der Waals surface area (Å²) < 4.78 is 53.2. The van der Waals surface area contributed by atoms with Crippen molar-refractivity contribution in [3.8, 4) is 11.8 Å². The molecule has 46 heavy (non-hydrogen) atoms. The summed E-state index contributed by atoms with van der Waals surface area (Å²) in [6, 6.07) is 13.2. The fraction of sp³-hybridized carbons (Fsp3) is 0.242. The number of pyridine rings is 1. The first-order chi connectivity index (χ1) is 22.1. The summed E-state index contributed by atoms with van der Waals surface area (Å²) in [5, 5.41) is 9.81. The average Bonchev–Trinajstić information content (AvgIpc) is 3.33. The summed E-state index contributed by atoms with van der Waals surface area (Å²) >= 11 is 2.27. The van der Waals surface area contributed by atoms with Gasteiger partial charge >= 0.3 is 5.97 Å². The monoisotopic (exact) mass is 664 g/mol. The zero-order valence-electron chi connectivity index (χ0n) is 25.1. The molecule has 2 aromatic heterocycles. The second-order valence-corrected chi connectivity index (χ2v) is 12.1. The molecular formula is C33H27F3N4O4S2. The molecule has 3 heterocycles. The summed E-state index contributed by atoms with van der Waals surface area (Å²) in [6.45, 7) is 5.06. The number of aryl methyl sites for hydroxylation is 1. The molecule has 1 atom stereocenters. The molecule has 5 rings (SSSR count). The number of aromatic nitrogens is 2. The molecular weight excluding hydrogens is 638 g/mol. The molecule has 0 amide bonds. The lowest BCUT2D eigenvalue weighted by Gasteiger charge is -2.24. The van der Waals surface area contributed by atoms with E-state index in [0.29, 0.717) is 43.0 Å². The fourth-order valence-corrected chi connectivity index (χ4v) is 7.16. The molecule has 1 aliphatic heterocycles. The van der Waals surface area contributed by atoms with Crippen LogP contribution < -0.4 is 19.6 Å². The number of hydrogen-bond donors (Lipinski definition) is 0. The van der Waals surface area contributed by atoms with E-state index < -0.39 is 35.5 Å². The van der Waals surface area contributed by atoms with Crippen LogP contribution in [0.15, 0.2) is 74.6 Å². The Morgan fingerprint density at radius 1 is 1.20 bits per heavy atom. The van der Waals surface area contributed by atoms with Gasteiger partial charge in [0, 0.05) is 11.3 Å². The van der Waals surface area contributed by atoms with Gasteiger partial charge in [0.2, 0.25) is 0 Å². The third-order valence-corrected chi connectivity index (χ3v) is 9.22. The summed E-state index contributed by atoms with van der Waals surface area (Å²) in [5.74, 6) is -0.308. The maximum Gasteiger partial charge on any atom is 0.338 e. The number of fused-ring (bicyclic) bond motifs is 1. The summed E-state index contributed by atoms with van der Waals surface area (Å²) in [4.78, 5) is 35.9. The number of hydrogen-bond acceptors (Lipinski definition) is 9. The molecule has 1 aliphatic rings. The molecule has 0 radical (unpaired) electrons. The predicted octanol–water partition coefficient (Wildman–Crippen LogP) is 5.75. The number of rotatable bonds is 9. The number of carbonyl (C=O) groups excluding carboxylic acids is 1. The standard InChI is InChI=1S/C33H27F3N4O4S2/c1-5-44-32(42)27-18(3)38-33-40(28(27)20-7-9-22(34)10-8-20)31(41)26(46-33)14-19-6-11-25(43-4)21(13-19)16-45-30-23(15-37)17(2)12-24(39-30)29(35)36/h6-14,28-29H,5,16H2,1-4H3/b26-14-/t28-/m1/s1. The van der Waals surface area contributed by atoms with E-state index >= 15 is 0 Å². The highest BCUT2D eigenvalue weighted by molar-refractivity contribution is 7.98. The van der Waals surface area contributed by atoms with E-state index in [1.54, 1.807) is 45.0 Å². The maximum absolute atomic E-state index is 13.9. The lowest BCUT2D eigenvalue weighted by Crippen LogP contribution is -2.39. The number of methoxy groups -OCH3 is 1. The number of carbonyl (C=O) groups is 1. The number of benzene rings is 2. The highest BCUT2D eigenvalue weighted by Crippen LogP contribution is 2.33. The van der Waals surface area contributed by atoms with Crippen LogP contribution in [0.2, 0.25) is 0 Å². The predicted molar refractivity (Wildman–Crippen MR) is 168 cm³/mol. The Labute approximate surface area is 270 Å². The minimum absolute atomic E-state index is 0.124. The Bertz CT molecular complexity index is 2080. The minimum atomic E-state index is -2.78. The average molecular weight is 665 g/mol. The Morgan fingerprint density at radius 2 is 1.93 bits per heavy atom. The number of allylic oxidation sites excluding steroid dienone is 1. The fourth-order valence-electron chi connectivity index (χ4n) is 5.07. The van der Waals surface area contributed by atoms with Crippen LogP contribution in [0, 0.1) is 24.1 Å². The van der Waals surface area contributed by atoms with Crippen molar-refractivity contribution in [2.75, 3.05) is 13.7 Å². The second-order valence-electron chi connectivity index (χ2n) is 10.2. The minimum Gasteiger partial charge on any atom is -0.496 e. The molecule has 0 saturated heterocycles. The molecule has 0 fully saturated rings. The molecule has 236 valence electrons. The van der Waals surface area contributed by atoms with Crippen molar-refractivity contribution in [3.05, 3.63) is 119 Å². The van der Waals surface area contributed by atoms with E-state index in [0.717, 1.165) is 23.1 Å². The number of esters is 1. The molecule has 0 spiro atoms. The third-order valence-electron chi connectivity index (χ3n) is 7.21. The smallest absolute Gasteiger partial charge is 0.338 e. The van der Waals surface area contributed by atoms with Gasteiger partial charge in [-0.25, -0.2) is 27.9 Å². The van der Waals surface area contributed by atoms with Crippen LogP contribution in [0.3, 0.4) is 0 Å². The van der Waals surface area contributed by atoms with Gasteiger partial charge in [-0.1, -0.05) is 29.5 Å². The van der Waals surface area contributed by atoms with Crippen LogP contribution in [-0.2, 0) is 15.3 Å². The lowest BCUT2D eigenvalue weighted by atomic mass is 9.96. The van der Waals surface area contributed by atoms with Gasteiger partial charge in [-0.05, 0) is 73.9 Å². The molecule has 13 heteroatoms. The van der Waals surface area contributed by atoms with E-state index in [4.69, 9.17) is 9.47 Å². The maximum atomic E-state index is 13.9. The molecule has 0 saturated carbocycles. The first-order valence-corrected chi connectivity index (χ1v) is 15.8. The van der Waals surface area contributed by atoms with E-state index in [-0.39, 0.29) is 28.5 Å². The summed E-state index contributed by atoms with van der Waals surface area (Å²) in [6.07, 6.45) is -1.10. The molecule has 2 aromatic carbocycles. The molecule has 0 unspecified atom stereocenters. The van der Waals surface area contributed by atoms with E-state index in [9.17, 15) is 28.0 Å². The number of halogens is 3. The first kappa shape index (κ1) is 32.7. The Hall–Kier alpha value is -4.67. The summed E-state index contributed by atoms with van der Waals surface area (Å²) in [5.41, 5.74) is 2.25. The number of alkyl halides is 2. The quantitative estimate of drug-likeness (QED) is 0.166. The van der Waals surface area contributed by atoms with Crippen LogP contribution >= 0.6 is 23.1 Å². The molecule has 8 nitrogen and oxygen atoms in total. The van der Waals surface area contributed by atoms with Gasteiger partial charge in [0.1, 0.15) is 28.4 Å². The van der Waals surface area contributed by atoms with E-state index in [1.807, 2.05) is 6.07 Å². The van der Waals surface area contributed by atoms with Gasteiger partial charge in [0.05, 0.1) is 41.1 Å². The highest BCUT2D eigenvalue weighted by Gasteiger charge is 2.33. The normalized spacial score (nSPS) is 14.6. The largest absolute Gasteiger partial charge is 0.496 e. The van der Waals surface area contributed by atoms with Crippen molar-refractivity contribution in [3.63, 3.8) is 0 Å². The number of thioether (sulfide) groups is 1. The van der Waals surface area contributed by atoms with Crippen LogP contribution in [0.25, 0.3) is 6.08 Å². The van der Waals surface area contributed by atoms with E-state index in [1.165, 1.54) is 42.0 Å². The van der Waals surface area contributed by atoms with Gasteiger partial charge < -0.3 is 9.47 Å². The van der Waals surface area contributed by atoms with Crippen molar-refractivity contribution in [1.82, 2.24) is 9.55 Å². The SMILES string of the molecule is CCOC(=O)C1=C(C)N=c2s/c(=C\c3ccc(OC)c(CSc4nc(C(F)F)cc(C)c4C#N)c3)c(=O)n2[C@@H]1c1ccc(F)cc1. The van der Waals surface area contributed by atoms with Gasteiger partial charge in [-0.3, -0.25) is 9.36 Å². The van der Waals surface area contributed by atoms with Gasteiger partial charge in [-0.15, -0.1) is 11.8 Å². The zero-order valence-corrected chi connectivity index (χ0v) is 26.8. The zero-order chi connectivity index (χ0) is 33.1. The number of thiazole rings is 1. The van der Waals surface area contributed by atoms with Gasteiger partial charge in [-0.2, -0.15) is 5.26 Å². The summed E-state index contributed by atoms with van der Waals surface area (Å²) in [7, 11) is 1.50. The van der Waals surface area contributed by atoms with Crippen LogP contribution in [0.4, 0.5) is 13.2 Å². The topological polar surface area (TPSA) is 107 Å². The van der Waals surface area contributed by atoms with Crippen molar-refractivity contribution >= 4 is 35.1 Å². The van der Waals surface area contributed by atoms with Crippen LogP contribution in [0.5, 0.6) is 5.75 Å². The van der Waals surface area contributed by atoms with Crippen LogP contribution in [-0.4, -0.2) is 29.2 Å². The van der Waals surface area contributed by atoms with Gasteiger partial charge in [0.15, 0.2) is 4.80 Å². The molecule has 0 bridgehead atoms. The third kappa shape index (κ3) is 6.49.